The highest BCUT2D eigenvalue weighted by Gasteiger charge is 2.05. The molecule has 1 heterocycles. The van der Waals surface area contributed by atoms with Gasteiger partial charge in [0.25, 0.3) is 0 Å². The summed E-state index contributed by atoms with van der Waals surface area (Å²) in [6, 6.07) is 5.18. The van der Waals surface area contributed by atoms with Crippen molar-refractivity contribution in [3.8, 4) is 0 Å². The van der Waals surface area contributed by atoms with E-state index in [1.807, 2.05) is 0 Å². The van der Waals surface area contributed by atoms with E-state index in [0.717, 1.165) is 5.69 Å². The number of aliphatic hydroxyl groups is 1. The normalized spacial score (nSPS) is 12.5. The Bertz CT molecular complexity index is 260. The van der Waals surface area contributed by atoms with Crippen molar-refractivity contribution in [2.75, 3.05) is 0 Å². The van der Waals surface area contributed by atoms with Gasteiger partial charge in [-0.3, -0.25) is 4.98 Å². The standard InChI is InChI=1S/C8H9NO2/c1-6-3-2-4-7(9-6)8(11)5-10/h2-5,8,11H,1H3. The van der Waals surface area contributed by atoms with Gasteiger partial charge in [-0.25, -0.2) is 0 Å². The van der Waals surface area contributed by atoms with Crippen molar-refractivity contribution < 1.29 is 9.90 Å². The summed E-state index contributed by atoms with van der Waals surface area (Å²) in [6.07, 6.45) is -0.628. The van der Waals surface area contributed by atoms with Gasteiger partial charge in [0.2, 0.25) is 0 Å². The molecular formula is C8H9NO2. The molecule has 58 valence electrons. The molecule has 1 aromatic rings. The average molecular weight is 151 g/mol. The second-order valence-corrected chi connectivity index (χ2v) is 2.28. The minimum atomic E-state index is -1.09. The number of aliphatic hydroxyl groups excluding tert-OH is 1. The van der Waals surface area contributed by atoms with E-state index in [1.54, 1.807) is 25.1 Å². The van der Waals surface area contributed by atoms with E-state index in [4.69, 9.17) is 5.11 Å². The van der Waals surface area contributed by atoms with Crippen LogP contribution in [0.1, 0.15) is 17.5 Å². The van der Waals surface area contributed by atoms with Crippen LogP contribution in [0.3, 0.4) is 0 Å². The highest BCUT2D eigenvalue weighted by molar-refractivity contribution is 5.58. The Morgan fingerprint density at radius 1 is 1.64 bits per heavy atom. The molecule has 0 saturated carbocycles. The van der Waals surface area contributed by atoms with Gasteiger partial charge in [0.1, 0.15) is 0 Å². The van der Waals surface area contributed by atoms with Gasteiger partial charge >= 0.3 is 0 Å². The molecule has 1 aromatic heterocycles. The van der Waals surface area contributed by atoms with Crippen LogP contribution in [-0.2, 0) is 4.79 Å². The van der Waals surface area contributed by atoms with Crippen LogP contribution < -0.4 is 0 Å². The van der Waals surface area contributed by atoms with Crippen molar-refractivity contribution in [3.05, 3.63) is 29.6 Å². The molecule has 0 spiro atoms. The largest absolute Gasteiger partial charge is 0.379 e. The van der Waals surface area contributed by atoms with E-state index < -0.39 is 6.10 Å². The molecule has 0 aliphatic carbocycles. The monoisotopic (exact) mass is 151 g/mol. The summed E-state index contributed by atoms with van der Waals surface area (Å²) in [5, 5.41) is 9.02. The van der Waals surface area contributed by atoms with Crippen LogP contribution in [0.25, 0.3) is 0 Å². The van der Waals surface area contributed by atoms with Gasteiger partial charge in [0.05, 0.1) is 5.69 Å². The molecule has 11 heavy (non-hydrogen) atoms. The Kier molecular flexibility index (Phi) is 2.33. The topological polar surface area (TPSA) is 50.2 Å². The minimum absolute atomic E-state index is 0.403. The average Bonchev–Trinajstić information content (AvgIpc) is 2.03. The summed E-state index contributed by atoms with van der Waals surface area (Å²) in [6.45, 7) is 1.81. The number of nitrogens with zero attached hydrogens (tertiary/aromatic N) is 1. The van der Waals surface area contributed by atoms with Crippen LogP contribution in [0.5, 0.6) is 0 Å². The first-order valence-electron chi connectivity index (χ1n) is 3.31. The number of aldehydes is 1. The summed E-state index contributed by atoms with van der Waals surface area (Å²) in [7, 11) is 0. The number of aromatic nitrogens is 1. The lowest BCUT2D eigenvalue weighted by Crippen LogP contribution is -2.01. The van der Waals surface area contributed by atoms with Crippen molar-refractivity contribution in [3.63, 3.8) is 0 Å². The number of aryl methyl sites for hydroxylation is 1. The molecule has 0 aliphatic heterocycles. The van der Waals surface area contributed by atoms with Gasteiger partial charge in [-0.05, 0) is 19.1 Å². The Labute approximate surface area is 64.7 Å². The number of rotatable bonds is 2. The molecule has 1 N–H and O–H groups in total. The minimum Gasteiger partial charge on any atom is -0.379 e. The fourth-order valence-electron chi connectivity index (χ4n) is 0.799. The summed E-state index contributed by atoms with van der Waals surface area (Å²) < 4.78 is 0. The summed E-state index contributed by atoms with van der Waals surface area (Å²) in [4.78, 5) is 14.1. The van der Waals surface area contributed by atoms with Gasteiger partial charge in [0, 0.05) is 5.69 Å². The predicted molar refractivity (Wildman–Crippen MR) is 40.0 cm³/mol. The lowest BCUT2D eigenvalue weighted by molar-refractivity contribution is -0.115. The van der Waals surface area contributed by atoms with Crippen molar-refractivity contribution in [1.82, 2.24) is 4.98 Å². The first kappa shape index (κ1) is 7.88. The zero-order chi connectivity index (χ0) is 8.27. The van der Waals surface area contributed by atoms with Crippen LogP contribution in [-0.4, -0.2) is 16.4 Å². The van der Waals surface area contributed by atoms with Crippen molar-refractivity contribution in [1.29, 1.82) is 0 Å². The molecule has 0 saturated heterocycles. The van der Waals surface area contributed by atoms with E-state index in [2.05, 4.69) is 4.98 Å². The fourth-order valence-corrected chi connectivity index (χ4v) is 0.799. The van der Waals surface area contributed by atoms with Crippen LogP contribution in [0.15, 0.2) is 18.2 Å². The SMILES string of the molecule is Cc1cccc(C(O)C=O)n1. The number of hydrogen-bond acceptors (Lipinski definition) is 3. The Balaban J connectivity index is 2.95. The third-order valence-corrected chi connectivity index (χ3v) is 1.34. The maximum atomic E-state index is 10.1. The Morgan fingerprint density at radius 2 is 2.36 bits per heavy atom. The third-order valence-electron chi connectivity index (χ3n) is 1.34. The van der Waals surface area contributed by atoms with Crippen molar-refractivity contribution in [2.24, 2.45) is 0 Å². The van der Waals surface area contributed by atoms with Crippen molar-refractivity contribution >= 4 is 6.29 Å². The molecule has 3 heteroatoms. The second-order valence-electron chi connectivity index (χ2n) is 2.28. The van der Waals surface area contributed by atoms with Gasteiger partial charge in [-0.2, -0.15) is 0 Å². The first-order valence-corrected chi connectivity index (χ1v) is 3.31. The van der Waals surface area contributed by atoms with Gasteiger partial charge < -0.3 is 9.90 Å². The molecule has 1 rings (SSSR count). The number of carbonyl (C=O) groups excluding carboxylic acids is 1. The van der Waals surface area contributed by atoms with Crippen LogP contribution >= 0.6 is 0 Å². The summed E-state index contributed by atoms with van der Waals surface area (Å²) in [5.74, 6) is 0. The van der Waals surface area contributed by atoms with E-state index in [1.165, 1.54) is 0 Å². The van der Waals surface area contributed by atoms with E-state index in [9.17, 15) is 4.79 Å². The molecule has 0 amide bonds. The van der Waals surface area contributed by atoms with Crippen LogP contribution in [0.4, 0.5) is 0 Å². The number of carbonyl (C=O) groups is 1. The fraction of sp³-hybridized carbons (Fsp3) is 0.250. The molecule has 1 atom stereocenters. The Morgan fingerprint density at radius 3 is 2.91 bits per heavy atom. The second kappa shape index (κ2) is 3.25. The van der Waals surface area contributed by atoms with Gasteiger partial charge in [-0.1, -0.05) is 6.07 Å². The molecule has 1 unspecified atom stereocenters. The van der Waals surface area contributed by atoms with Gasteiger partial charge in [-0.15, -0.1) is 0 Å². The molecule has 3 nitrogen and oxygen atoms in total. The van der Waals surface area contributed by atoms with Crippen LogP contribution in [0, 0.1) is 6.92 Å². The zero-order valence-electron chi connectivity index (χ0n) is 6.19. The molecular weight excluding hydrogens is 142 g/mol. The Hall–Kier alpha value is -1.22. The van der Waals surface area contributed by atoms with Gasteiger partial charge in [0.15, 0.2) is 12.4 Å². The smallest absolute Gasteiger partial charge is 0.154 e. The number of pyridine rings is 1. The quantitative estimate of drug-likeness (QED) is 0.630. The molecule has 0 fully saturated rings. The molecule has 0 bridgehead atoms. The molecule has 0 aliphatic rings. The third kappa shape index (κ3) is 1.85. The lowest BCUT2D eigenvalue weighted by Gasteiger charge is -2.01. The highest BCUT2D eigenvalue weighted by atomic mass is 16.3. The predicted octanol–water partition coefficient (Wildman–Crippen LogP) is 0.622. The zero-order valence-corrected chi connectivity index (χ0v) is 6.19. The van der Waals surface area contributed by atoms with E-state index in [-0.39, 0.29) is 0 Å². The first-order chi connectivity index (χ1) is 5.24. The molecule has 0 aromatic carbocycles. The number of hydrogen-bond donors (Lipinski definition) is 1. The lowest BCUT2D eigenvalue weighted by atomic mass is 10.2. The highest BCUT2D eigenvalue weighted by Crippen LogP contribution is 2.06. The molecule has 0 radical (unpaired) electrons. The van der Waals surface area contributed by atoms with E-state index >= 15 is 0 Å². The maximum absolute atomic E-state index is 10.1. The maximum Gasteiger partial charge on any atom is 0.154 e. The van der Waals surface area contributed by atoms with E-state index in [0.29, 0.717) is 12.0 Å². The van der Waals surface area contributed by atoms with Crippen molar-refractivity contribution in [2.45, 2.75) is 13.0 Å². The summed E-state index contributed by atoms with van der Waals surface area (Å²) in [5.41, 5.74) is 1.20. The van der Waals surface area contributed by atoms with Crippen LogP contribution in [0.2, 0.25) is 0 Å². The summed E-state index contributed by atoms with van der Waals surface area (Å²) >= 11 is 0.